The van der Waals surface area contributed by atoms with E-state index in [4.69, 9.17) is 4.74 Å². The molecule has 2 rings (SSSR count). The second-order valence-corrected chi connectivity index (χ2v) is 6.48. The van der Waals surface area contributed by atoms with Crippen LogP contribution in [0.4, 0.5) is 10.1 Å². The maximum Gasteiger partial charge on any atom is 0.125 e. The van der Waals surface area contributed by atoms with E-state index >= 15 is 0 Å². The average molecular weight is 294 g/mol. The standard InChI is InChI=1S/C17H27FN2O/c1-14(2)19-12-17(7-9-21-10-8-17)13-20(3)16-6-4-5-15(18)11-16/h4-6,11,14,19H,7-10,12-13H2,1-3H3. The van der Waals surface area contributed by atoms with Gasteiger partial charge in [0.05, 0.1) is 0 Å². The molecular weight excluding hydrogens is 267 g/mol. The first-order valence-electron chi connectivity index (χ1n) is 7.79. The van der Waals surface area contributed by atoms with Crippen molar-refractivity contribution in [2.24, 2.45) is 5.41 Å². The monoisotopic (exact) mass is 294 g/mol. The maximum atomic E-state index is 13.4. The van der Waals surface area contributed by atoms with Gasteiger partial charge in [-0.15, -0.1) is 0 Å². The molecule has 0 unspecified atom stereocenters. The molecule has 1 aromatic rings. The Morgan fingerprint density at radius 3 is 2.67 bits per heavy atom. The molecule has 1 aromatic carbocycles. The van der Waals surface area contributed by atoms with Crippen LogP contribution in [0.2, 0.25) is 0 Å². The van der Waals surface area contributed by atoms with Gasteiger partial charge in [-0.25, -0.2) is 4.39 Å². The number of nitrogens with one attached hydrogen (secondary N) is 1. The van der Waals surface area contributed by atoms with Gasteiger partial charge in [0, 0.05) is 50.5 Å². The summed E-state index contributed by atoms with van der Waals surface area (Å²) in [7, 11) is 2.04. The highest BCUT2D eigenvalue weighted by Crippen LogP contribution is 2.32. The Labute approximate surface area is 127 Å². The molecular formula is C17H27FN2O. The van der Waals surface area contributed by atoms with E-state index in [1.165, 1.54) is 6.07 Å². The SMILES string of the molecule is CC(C)NCC1(CN(C)c2cccc(F)c2)CCOCC1. The van der Waals surface area contributed by atoms with Gasteiger partial charge in [0.25, 0.3) is 0 Å². The molecule has 1 N–H and O–H groups in total. The molecule has 0 saturated carbocycles. The number of ether oxygens (including phenoxy) is 1. The zero-order valence-corrected chi connectivity index (χ0v) is 13.4. The van der Waals surface area contributed by atoms with Crippen LogP contribution in [0.1, 0.15) is 26.7 Å². The highest BCUT2D eigenvalue weighted by atomic mass is 19.1. The summed E-state index contributed by atoms with van der Waals surface area (Å²) in [5.41, 5.74) is 1.13. The van der Waals surface area contributed by atoms with Crippen LogP contribution < -0.4 is 10.2 Å². The highest BCUT2D eigenvalue weighted by molar-refractivity contribution is 5.45. The van der Waals surface area contributed by atoms with Crippen molar-refractivity contribution in [3.63, 3.8) is 0 Å². The first-order chi connectivity index (χ1) is 10.0. The summed E-state index contributed by atoms with van der Waals surface area (Å²) in [5.74, 6) is -0.180. The molecule has 0 amide bonds. The van der Waals surface area contributed by atoms with Crippen molar-refractivity contribution >= 4 is 5.69 Å². The van der Waals surface area contributed by atoms with Crippen molar-refractivity contribution in [1.29, 1.82) is 0 Å². The van der Waals surface area contributed by atoms with E-state index in [0.717, 1.165) is 44.8 Å². The Hall–Kier alpha value is -1.13. The van der Waals surface area contributed by atoms with Crippen molar-refractivity contribution in [3.8, 4) is 0 Å². The molecule has 1 aliphatic rings. The Morgan fingerprint density at radius 1 is 1.33 bits per heavy atom. The molecule has 118 valence electrons. The lowest BCUT2D eigenvalue weighted by Crippen LogP contribution is -2.48. The molecule has 0 aromatic heterocycles. The van der Waals surface area contributed by atoms with E-state index in [9.17, 15) is 4.39 Å². The minimum Gasteiger partial charge on any atom is -0.381 e. The van der Waals surface area contributed by atoms with Crippen LogP contribution in [0.25, 0.3) is 0 Å². The van der Waals surface area contributed by atoms with Crippen LogP contribution >= 0.6 is 0 Å². The lowest BCUT2D eigenvalue weighted by atomic mass is 9.79. The summed E-state index contributed by atoms with van der Waals surface area (Å²) in [6, 6.07) is 7.30. The lowest BCUT2D eigenvalue weighted by molar-refractivity contribution is 0.0179. The number of rotatable bonds is 6. The summed E-state index contributed by atoms with van der Waals surface area (Å²) >= 11 is 0. The summed E-state index contributed by atoms with van der Waals surface area (Å²) < 4.78 is 18.9. The Morgan fingerprint density at radius 2 is 2.05 bits per heavy atom. The van der Waals surface area contributed by atoms with Crippen molar-refractivity contribution in [1.82, 2.24) is 5.32 Å². The smallest absolute Gasteiger partial charge is 0.125 e. The largest absolute Gasteiger partial charge is 0.381 e. The van der Waals surface area contributed by atoms with E-state index in [1.807, 2.05) is 13.1 Å². The number of hydrogen-bond acceptors (Lipinski definition) is 3. The van der Waals surface area contributed by atoms with E-state index < -0.39 is 0 Å². The molecule has 1 aliphatic heterocycles. The van der Waals surface area contributed by atoms with Crippen LogP contribution in [-0.4, -0.2) is 39.4 Å². The Balaban J connectivity index is 2.06. The number of halogens is 1. The third-order valence-corrected chi connectivity index (χ3v) is 4.26. The minimum absolute atomic E-state index is 0.180. The molecule has 0 bridgehead atoms. The van der Waals surface area contributed by atoms with Gasteiger partial charge in [-0.1, -0.05) is 19.9 Å². The van der Waals surface area contributed by atoms with E-state index in [2.05, 4.69) is 24.1 Å². The van der Waals surface area contributed by atoms with Gasteiger partial charge in [-0.2, -0.15) is 0 Å². The van der Waals surface area contributed by atoms with Crippen molar-refractivity contribution in [3.05, 3.63) is 30.1 Å². The number of nitrogens with zero attached hydrogens (tertiary/aromatic N) is 1. The maximum absolute atomic E-state index is 13.4. The molecule has 0 atom stereocenters. The molecule has 21 heavy (non-hydrogen) atoms. The first kappa shape index (κ1) is 16.2. The molecule has 1 fully saturated rings. The summed E-state index contributed by atoms with van der Waals surface area (Å²) in [6.45, 7) is 7.87. The quantitative estimate of drug-likeness (QED) is 0.872. The fraction of sp³-hybridized carbons (Fsp3) is 0.647. The number of anilines is 1. The molecule has 1 heterocycles. The van der Waals surface area contributed by atoms with Crippen molar-refractivity contribution < 1.29 is 9.13 Å². The lowest BCUT2D eigenvalue weighted by Gasteiger charge is -2.41. The van der Waals surface area contributed by atoms with Gasteiger partial charge in [0.1, 0.15) is 5.82 Å². The zero-order chi connectivity index (χ0) is 15.3. The number of benzene rings is 1. The minimum atomic E-state index is -0.180. The van der Waals surface area contributed by atoms with Crippen LogP contribution in [0, 0.1) is 11.2 Å². The Bertz CT molecular complexity index is 444. The molecule has 3 nitrogen and oxygen atoms in total. The van der Waals surface area contributed by atoms with Gasteiger partial charge < -0.3 is 15.0 Å². The molecule has 4 heteroatoms. The first-order valence-corrected chi connectivity index (χ1v) is 7.79. The van der Waals surface area contributed by atoms with E-state index in [0.29, 0.717) is 6.04 Å². The molecule has 0 spiro atoms. The second-order valence-electron chi connectivity index (χ2n) is 6.48. The zero-order valence-electron chi connectivity index (χ0n) is 13.4. The van der Waals surface area contributed by atoms with Crippen LogP contribution in [0.3, 0.4) is 0 Å². The van der Waals surface area contributed by atoms with Crippen LogP contribution in [0.15, 0.2) is 24.3 Å². The Kier molecular flexibility index (Phi) is 5.59. The summed E-state index contributed by atoms with van der Waals surface area (Å²) in [4.78, 5) is 2.16. The average Bonchev–Trinajstić information content (AvgIpc) is 2.46. The fourth-order valence-electron chi connectivity index (χ4n) is 2.92. The summed E-state index contributed by atoms with van der Waals surface area (Å²) in [5, 5.41) is 3.57. The van der Waals surface area contributed by atoms with Gasteiger partial charge >= 0.3 is 0 Å². The predicted molar refractivity (Wildman–Crippen MR) is 85.3 cm³/mol. The topological polar surface area (TPSA) is 24.5 Å². The number of hydrogen-bond donors (Lipinski definition) is 1. The molecule has 0 radical (unpaired) electrons. The predicted octanol–water partition coefficient (Wildman–Crippen LogP) is 3.06. The van der Waals surface area contributed by atoms with E-state index in [1.54, 1.807) is 12.1 Å². The third-order valence-electron chi connectivity index (χ3n) is 4.26. The van der Waals surface area contributed by atoms with E-state index in [-0.39, 0.29) is 11.2 Å². The second kappa shape index (κ2) is 7.23. The van der Waals surface area contributed by atoms with Gasteiger partial charge in [-0.3, -0.25) is 0 Å². The van der Waals surface area contributed by atoms with Crippen molar-refractivity contribution in [2.75, 3.05) is 38.3 Å². The van der Waals surface area contributed by atoms with Gasteiger partial charge in [0.2, 0.25) is 0 Å². The molecule has 1 saturated heterocycles. The molecule has 0 aliphatic carbocycles. The van der Waals surface area contributed by atoms with Gasteiger partial charge in [0.15, 0.2) is 0 Å². The fourth-order valence-corrected chi connectivity index (χ4v) is 2.92. The van der Waals surface area contributed by atoms with Crippen LogP contribution in [-0.2, 0) is 4.74 Å². The van der Waals surface area contributed by atoms with Crippen molar-refractivity contribution in [2.45, 2.75) is 32.7 Å². The summed E-state index contributed by atoms with van der Waals surface area (Å²) in [6.07, 6.45) is 2.10. The normalized spacial score (nSPS) is 18.0. The third kappa shape index (κ3) is 4.68. The van der Waals surface area contributed by atoms with Gasteiger partial charge in [-0.05, 0) is 31.0 Å². The van der Waals surface area contributed by atoms with Crippen LogP contribution in [0.5, 0.6) is 0 Å². The highest BCUT2D eigenvalue weighted by Gasteiger charge is 2.33.